The molecule has 3 heterocycles. The quantitative estimate of drug-likeness (QED) is 0.770. The van der Waals surface area contributed by atoms with E-state index in [0.717, 1.165) is 36.3 Å². The van der Waals surface area contributed by atoms with Gasteiger partial charge in [0, 0.05) is 43.0 Å². The highest BCUT2D eigenvalue weighted by Crippen LogP contribution is 2.27. The van der Waals surface area contributed by atoms with Gasteiger partial charge in [-0.25, -0.2) is 4.39 Å². The van der Waals surface area contributed by atoms with Crippen LogP contribution in [0.5, 0.6) is 0 Å². The summed E-state index contributed by atoms with van der Waals surface area (Å²) in [4.78, 5) is 19.3. The molecule has 0 radical (unpaired) electrons. The van der Waals surface area contributed by atoms with Crippen LogP contribution >= 0.6 is 0 Å². The zero-order valence-electron chi connectivity index (χ0n) is 14.9. The monoisotopic (exact) mass is 364 g/mol. The van der Waals surface area contributed by atoms with Gasteiger partial charge >= 0.3 is 0 Å². The third-order valence-corrected chi connectivity index (χ3v) is 4.98. The summed E-state index contributed by atoms with van der Waals surface area (Å²) in [5.74, 6) is -0.0249. The fraction of sp³-hybridized carbons (Fsp3) is 0.286. The van der Waals surface area contributed by atoms with Crippen LogP contribution in [0.15, 0.2) is 54.7 Å². The average molecular weight is 364 g/mol. The SMILES string of the molecule is O=C(c1ccn[nH]1)N1CCCC(c2cccc(Cc3ccc(F)cc3)n2)C1. The van der Waals surface area contributed by atoms with E-state index in [4.69, 9.17) is 4.98 Å². The Morgan fingerprint density at radius 2 is 2.04 bits per heavy atom. The van der Waals surface area contributed by atoms with Crippen LogP contribution in [0.25, 0.3) is 0 Å². The molecule has 27 heavy (non-hydrogen) atoms. The Balaban J connectivity index is 1.47. The fourth-order valence-corrected chi connectivity index (χ4v) is 3.58. The number of hydrogen-bond donors (Lipinski definition) is 1. The molecule has 0 saturated carbocycles. The molecule has 2 aromatic heterocycles. The molecule has 1 aliphatic rings. The van der Waals surface area contributed by atoms with Gasteiger partial charge in [-0.3, -0.25) is 14.9 Å². The van der Waals surface area contributed by atoms with Crippen molar-refractivity contribution < 1.29 is 9.18 Å². The Bertz CT molecular complexity index is 908. The minimum atomic E-state index is -0.232. The molecule has 1 atom stereocenters. The minimum Gasteiger partial charge on any atom is -0.337 e. The van der Waals surface area contributed by atoms with Crippen LogP contribution in [0.2, 0.25) is 0 Å². The lowest BCUT2D eigenvalue weighted by molar-refractivity contribution is 0.0700. The molecule has 4 rings (SSSR count). The van der Waals surface area contributed by atoms with Crippen molar-refractivity contribution in [2.75, 3.05) is 13.1 Å². The lowest BCUT2D eigenvalue weighted by atomic mass is 9.93. The normalized spacial score (nSPS) is 17.1. The predicted octanol–water partition coefficient (Wildman–Crippen LogP) is 3.55. The van der Waals surface area contributed by atoms with E-state index in [1.165, 1.54) is 12.1 Å². The molecule has 1 fully saturated rings. The minimum absolute atomic E-state index is 0.0142. The maximum Gasteiger partial charge on any atom is 0.271 e. The van der Waals surface area contributed by atoms with E-state index < -0.39 is 0 Å². The van der Waals surface area contributed by atoms with Gasteiger partial charge < -0.3 is 4.90 Å². The summed E-state index contributed by atoms with van der Waals surface area (Å²) >= 11 is 0. The Hall–Kier alpha value is -3.02. The molecule has 138 valence electrons. The number of amides is 1. The van der Waals surface area contributed by atoms with Crippen LogP contribution in [0.4, 0.5) is 4.39 Å². The number of carbonyl (C=O) groups excluding carboxylic acids is 1. The number of pyridine rings is 1. The molecule has 3 aromatic rings. The van der Waals surface area contributed by atoms with Crippen molar-refractivity contribution in [3.8, 4) is 0 Å². The van der Waals surface area contributed by atoms with Gasteiger partial charge in [0.15, 0.2) is 0 Å². The Morgan fingerprint density at radius 3 is 2.81 bits per heavy atom. The molecule has 1 unspecified atom stereocenters. The first-order valence-corrected chi connectivity index (χ1v) is 9.18. The van der Waals surface area contributed by atoms with Crippen LogP contribution in [-0.2, 0) is 6.42 Å². The summed E-state index contributed by atoms with van der Waals surface area (Å²) < 4.78 is 13.1. The first kappa shape index (κ1) is 17.4. The van der Waals surface area contributed by atoms with Crippen LogP contribution in [-0.4, -0.2) is 39.1 Å². The van der Waals surface area contributed by atoms with Gasteiger partial charge in [0.05, 0.1) is 0 Å². The molecule has 1 aliphatic heterocycles. The van der Waals surface area contributed by atoms with E-state index in [9.17, 15) is 9.18 Å². The number of nitrogens with one attached hydrogen (secondary N) is 1. The maximum absolute atomic E-state index is 13.1. The molecule has 6 heteroatoms. The van der Waals surface area contributed by atoms with Gasteiger partial charge in [-0.05, 0) is 48.7 Å². The van der Waals surface area contributed by atoms with Crippen LogP contribution in [0.1, 0.15) is 46.2 Å². The number of rotatable bonds is 4. The number of H-pyrrole nitrogens is 1. The van der Waals surface area contributed by atoms with Crippen molar-refractivity contribution in [2.45, 2.75) is 25.2 Å². The largest absolute Gasteiger partial charge is 0.337 e. The number of carbonyl (C=O) groups is 1. The molecule has 1 amide bonds. The maximum atomic E-state index is 13.1. The Kier molecular flexibility index (Phi) is 4.96. The molecular formula is C21H21FN4O. The van der Waals surface area contributed by atoms with Gasteiger partial charge in [0.25, 0.3) is 5.91 Å². The second-order valence-electron chi connectivity index (χ2n) is 6.92. The summed E-state index contributed by atoms with van der Waals surface area (Å²) in [6.07, 6.45) is 4.22. The highest BCUT2D eigenvalue weighted by atomic mass is 19.1. The smallest absolute Gasteiger partial charge is 0.271 e. The highest BCUT2D eigenvalue weighted by molar-refractivity contribution is 5.92. The predicted molar refractivity (Wildman–Crippen MR) is 99.9 cm³/mol. The number of likely N-dealkylation sites (tertiary alicyclic amines) is 1. The van der Waals surface area contributed by atoms with Crippen molar-refractivity contribution in [2.24, 2.45) is 0 Å². The van der Waals surface area contributed by atoms with E-state index in [-0.39, 0.29) is 17.6 Å². The van der Waals surface area contributed by atoms with E-state index >= 15 is 0 Å². The topological polar surface area (TPSA) is 61.9 Å². The first-order valence-electron chi connectivity index (χ1n) is 9.18. The second kappa shape index (κ2) is 7.70. The number of nitrogens with zero attached hydrogens (tertiary/aromatic N) is 3. The average Bonchev–Trinajstić information content (AvgIpc) is 3.24. The van der Waals surface area contributed by atoms with Crippen molar-refractivity contribution >= 4 is 5.91 Å². The van der Waals surface area contributed by atoms with Gasteiger partial charge in [-0.2, -0.15) is 5.10 Å². The second-order valence-corrected chi connectivity index (χ2v) is 6.92. The number of benzene rings is 1. The first-order chi connectivity index (χ1) is 13.2. The van der Waals surface area contributed by atoms with Crippen molar-refractivity contribution in [3.05, 3.63) is 83.2 Å². The molecule has 0 bridgehead atoms. The van der Waals surface area contributed by atoms with Crippen molar-refractivity contribution in [1.29, 1.82) is 0 Å². The fourth-order valence-electron chi connectivity index (χ4n) is 3.58. The zero-order chi connectivity index (χ0) is 18.6. The third-order valence-electron chi connectivity index (χ3n) is 4.98. The zero-order valence-corrected chi connectivity index (χ0v) is 14.9. The van der Waals surface area contributed by atoms with E-state index in [0.29, 0.717) is 18.7 Å². The summed E-state index contributed by atoms with van der Waals surface area (Å²) in [5.41, 5.74) is 3.52. The number of aromatic amines is 1. The van der Waals surface area contributed by atoms with E-state index in [2.05, 4.69) is 10.2 Å². The highest BCUT2D eigenvalue weighted by Gasteiger charge is 2.26. The van der Waals surface area contributed by atoms with Crippen LogP contribution in [0, 0.1) is 5.82 Å². The number of hydrogen-bond acceptors (Lipinski definition) is 3. The third kappa shape index (κ3) is 4.05. The summed E-state index contributed by atoms with van der Waals surface area (Å²) in [7, 11) is 0. The molecule has 0 aliphatic carbocycles. The van der Waals surface area contributed by atoms with E-state index in [1.807, 2.05) is 23.1 Å². The molecule has 1 saturated heterocycles. The van der Waals surface area contributed by atoms with Gasteiger partial charge in [-0.1, -0.05) is 18.2 Å². The lowest BCUT2D eigenvalue weighted by Gasteiger charge is -2.32. The van der Waals surface area contributed by atoms with Crippen LogP contribution < -0.4 is 0 Å². The molecule has 1 aromatic carbocycles. The molecule has 5 nitrogen and oxygen atoms in total. The van der Waals surface area contributed by atoms with E-state index in [1.54, 1.807) is 24.4 Å². The lowest BCUT2D eigenvalue weighted by Crippen LogP contribution is -2.39. The summed E-state index contributed by atoms with van der Waals surface area (Å²) in [6, 6.07) is 14.2. The molecular weight excluding hydrogens is 343 g/mol. The number of aromatic nitrogens is 3. The van der Waals surface area contributed by atoms with Gasteiger partial charge in [0.2, 0.25) is 0 Å². The van der Waals surface area contributed by atoms with Crippen LogP contribution in [0.3, 0.4) is 0 Å². The standard InChI is InChI=1S/C21H21FN4O/c22-17-8-6-15(7-9-17)13-18-4-1-5-19(24-18)16-3-2-12-26(14-16)21(27)20-10-11-23-25-20/h1,4-11,16H,2-3,12-14H2,(H,23,25). The Labute approximate surface area is 157 Å². The van der Waals surface area contributed by atoms with Gasteiger partial charge in [-0.15, -0.1) is 0 Å². The Morgan fingerprint density at radius 1 is 1.19 bits per heavy atom. The molecule has 1 N–H and O–H groups in total. The molecule has 0 spiro atoms. The number of piperidine rings is 1. The number of halogens is 1. The summed E-state index contributed by atoms with van der Waals surface area (Å²) in [6.45, 7) is 1.41. The van der Waals surface area contributed by atoms with Gasteiger partial charge in [0.1, 0.15) is 11.5 Å². The summed E-state index contributed by atoms with van der Waals surface area (Å²) in [5, 5.41) is 6.61. The van der Waals surface area contributed by atoms with Crippen molar-refractivity contribution in [1.82, 2.24) is 20.1 Å². The van der Waals surface area contributed by atoms with Crippen molar-refractivity contribution in [3.63, 3.8) is 0 Å².